The summed E-state index contributed by atoms with van der Waals surface area (Å²) >= 11 is 0. The molecule has 1 saturated heterocycles. The summed E-state index contributed by atoms with van der Waals surface area (Å²) in [5.41, 5.74) is 1.64. The molecule has 1 fully saturated rings. The first kappa shape index (κ1) is 28.5. The summed E-state index contributed by atoms with van der Waals surface area (Å²) in [6.45, 7) is 7.67. The van der Waals surface area contributed by atoms with Gasteiger partial charge in [0.2, 0.25) is 5.88 Å². The molecule has 13 heteroatoms. The first-order chi connectivity index (χ1) is 18.0. The molecule has 0 amide bonds. The van der Waals surface area contributed by atoms with E-state index >= 15 is 0 Å². The van der Waals surface area contributed by atoms with Gasteiger partial charge in [-0.1, -0.05) is 26.0 Å². The minimum atomic E-state index is -5.08. The van der Waals surface area contributed by atoms with Gasteiger partial charge in [-0.05, 0) is 30.5 Å². The molecule has 2 aliphatic rings. The number of hydrogen-bond donors (Lipinski definition) is 1. The zero-order valence-electron chi connectivity index (χ0n) is 20.8. The Morgan fingerprint density at radius 1 is 1.26 bits per heavy atom. The molecular formula is C25H27F4N5O4. The van der Waals surface area contributed by atoms with Gasteiger partial charge in [-0.25, -0.2) is 14.0 Å². The number of nitriles is 1. The number of aliphatic carboxylic acids is 1. The predicted octanol–water partition coefficient (Wildman–Crippen LogP) is 3.67. The number of halogens is 4. The molecule has 3 heterocycles. The lowest BCUT2D eigenvalue weighted by atomic mass is 10.1. The summed E-state index contributed by atoms with van der Waals surface area (Å²) in [5, 5.41) is 16.1. The molecule has 1 aromatic heterocycles. The maximum absolute atomic E-state index is 13.5. The molecule has 0 spiro atoms. The van der Waals surface area contributed by atoms with Gasteiger partial charge in [0.1, 0.15) is 24.3 Å². The van der Waals surface area contributed by atoms with Crippen molar-refractivity contribution >= 4 is 11.8 Å². The quantitative estimate of drug-likeness (QED) is 0.556. The molecule has 204 valence electrons. The topological polar surface area (TPSA) is 112 Å². The van der Waals surface area contributed by atoms with Crippen molar-refractivity contribution in [3.8, 4) is 11.9 Å². The van der Waals surface area contributed by atoms with Gasteiger partial charge in [0.25, 0.3) is 0 Å². The van der Waals surface area contributed by atoms with Gasteiger partial charge in [-0.2, -0.15) is 23.4 Å². The third kappa shape index (κ3) is 6.62. The predicted molar refractivity (Wildman–Crippen MR) is 129 cm³/mol. The first-order valence-electron chi connectivity index (χ1n) is 11.9. The van der Waals surface area contributed by atoms with E-state index in [1.807, 2.05) is 6.07 Å². The summed E-state index contributed by atoms with van der Waals surface area (Å²) in [4.78, 5) is 30.3. The van der Waals surface area contributed by atoms with E-state index in [0.717, 1.165) is 38.3 Å². The van der Waals surface area contributed by atoms with Gasteiger partial charge in [-0.15, -0.1) is 0 Å². The molecule has 0 aliphatic carbocycles. The number of nitrogens with zero attached hydrogens (tertiary/aromatic N) is 5. The number of benzene rings is 1. The Labute approximate surface area is 216 Å². The Balaban J connectivity index is 0.000000505. The number of anilines is 1. The van der Waals surface area contributed by atoms with Crippen molar-refractivity contribution in [3.63, 3.8) is 0 Å². The van der Waals surface area contributed by atoms with E-state index in [4.69, 9.17) is 19.9 Å². The Morgan fingerprint density at radius 2 is 1.97 bits per heavy atom. The van der Waals surface area contributed by atoms with Crippen LogP contribution in [0.3, 0.4) is 0 Å². The third-order valence-electron chi connectivity index (χ3n) is 6.12. The van der Waals surface area contributed by atoms with Crippen LogP contribution in [0.1, 0.15) is 37.8 Å². The van der Waals surface area contributed by atoms with Gasteiger partial charge in [0, 0.05) is 31.4 Å². The lowest BCUT2D eigenvalue weighted by Crippen LogP contribution is -2.51. The van der Waals surface area contributed by atoms with E-state index in [0.29, 0.717) is 12.1 Å². The summed E-state index contributed by atoms with van der Waals surface area (Å²) in [6, 6.07) is 8.08. The standard InChI is InChI=1S/C23H26FN5O2.C2HF3O2/c1-3-5-18(4-2)27-8-9-28-19(13-27)14-29-22(28)11-21(26-23(29)30)31-15-16-6-7-20(24)17(10-16)12-25;3-2(4,5)1(6)7/h5-7,10-11,19H,3-4,8-9,13-15H2,1-2H3;(H,6,7). The summed E-state index contributed by atoms with van der Waals surface area (Å²) < 4.78 is 52.7. The number of alkyl halides is 3. The number of carbonyl (C=O) groups is 1. The van der Waals surface area contributed by atoms with Crippen molar-refractivity contribution in [2.24, 2.45) is 0 Å². The van der Waals surface area contributed by atoms with Crippen LogP contribution in [0.5, 0.6) is 5.88 Å². The Hall–Kier alpha value is -4.08. The normalized spacial score (nSPS) is 16.7. The largest absolute Gasteiger partial charge is 0.490 e. The molecule has 0 radical (unpaired) electrons. The second-order valence-electron chi connectivity index (χ2n) is 8.61. The average molecular weight is 538 g/mol. The number of fused-ring (bicyclic) bond motifs is 3. The Morgan fingerprint density at radius 3 is 2.58 bits per heavy atom. The highest BCUT2D eigenvalue weighted by Gasteiger charge is 2.38. The first-order valence-corrected chi connectivity index (χ1v) is 11.9. The maximum Gasteiger partial charge on any atom is 0.490 e. The highest BCUT2D eigenvalue weighted by molar-refractivity contribution is 5.73. The number of carboxylic acid groups (broad SMARTS) is 1. The maximum atomic E-state index is 13.5. The van der Waals surface area contributed by atoms with Crippen molar-refractivity contribution in [1.82, 2.24) is 14.5 Å². The second kappa shape index (κ2) is 12.0. The van der Waals surface area contributed by atoms with Crippen LogP contribution in [0.15, 0.2) is 40.8 Å². The zero-order chi connectivity index (χ0) is 28.0. The van der Waals surface area contributed by atoms with Crippen molar-refractivity contribution in [2.45, 2.75) is 52.1 Å². The highest BCUT2D eigenvalue weighted by Crippen LogP contribution is 2.30. The smallest absolute Gasteiger partial charge is 0.475 e. The van der Waals surface area contributed by atoms with Crippen LogP contribution in [0.4, 0.5) is 23.4 Å². The molecule has 1 aromatic carbocycles. The molecule has 38 heavy (non-hydrogen) atoms. The number of piperazine rings is 1. The minimum absolute atomic E-state index is 0.0348. The Kier molecular flexibility index (Phi) is 8.98. The van der Waals surface area contributed by atoms with Crippen molar-refractivity contribution < 1.29 is 32.2 Å². The zero-order valence-corrected chi connectivity index (χ0v) is 20.8. The van der Waals surface area contributed by atoms with Crippen molar-refractivity contribution in [3.05, 3.63) is 63.5 Å². The van der Waals surface area contributed by atoms with Crippen LogP contribution in [-0.4, -0.2) is 57.4 Å². The van der Waals surface area contributed by atoms with Crippen LogP contribution >= 0.6 is 0 Å². The highest BCUT2D eigenvalue weighted by atomic mass is 19.4. The van der Waals surface area contributed by atoms with E-state index < -0.39 is 18.0 Å². The number of allylic oxidation sites excluding steroid dienone is 2. The summed E-state index contributed by atoms with van der Waals surface area (Å²) in [7, 11) is 0. The number of hydrogen-bond acceptors (Lipinski definition) is 7. The minimum Gasteiger partial charge on any atom is -0.475 e. The second-order valence-corrected chi connectivity index (χ2v) is 8.61. The number of ether oxygens (including phenoxy) is 1. The lowest BCUT2D eigenvalue weighted by molar-refractivity contribution is -0.192. The lowest BCUT2D eigenvalue weighted by Gasteiger charge is -2.40. The van der Waals surface area contributed by atoms with Crippen LogP contribution in [0.25, 0.3) is 0 Å². The van der Waals surface area contributed by atoms with Gasteiger partial charge >= 0.3 is 17.8 Å². The molecule has 1 unspecified atom stereocenters. The molecule has 9 nitrogen and oxygen atoms in total. The third-order valence-corrected chi connectivity index (χ3v) is 6.12. The molecule has 0 saturated carbocycles. The van der Waals surface area contributed by atoms with Gasteiger partial charge < -0.3 is 19.6 Å². The van der Waals surface area contributed by atoms with Gasteiger partial charge in [0.05, 0.1) is 18.2 Å². The van der Waals surface area contributed by atoms with Crippen LogP contribution < -0.4 is 15.3 Å². The van der Waals surface area contributed by atoms with Gasteiger partial charge in [0.15, 0.2) is 0 Å². The molecule has 2 aromatic rings. The van der Waals surface area contributed by atoms with Crippen LogP contribution in [-0.2, 0) is 17.9 Å². The SMILES string of the molecule is CCC=C(CC)N1CCN2c3cc(OCc4ccc(F)c(C#N)c4)nc(=O)n3CC2C1.O=C(O)C(F)(F)F. The Bertz CT molecular complexity index is 1300. The van der Waals surface area contributed by atoms with E-state index in [9.17, 15) is 22.4 Å². The van der Waals surface area contributed by atoms with Crippen molar-refractivity contribution in [2.75, 3.05) is 24.5 Å². The van der Waals surface area contributed by atoms with Crippen LogP contribution in [0.2, 0.25) is 0 Å². The van der Waals surface area contributed by atoms with Crippen molar-refractivity contribution in [1.29, 1.82) is 5.26 Å². The number of carboxylic acids is 1. The fraction of sp³-hybridized carbons (Fsp3) is 0.440. The van der Waals surface area contributed by atoms with E-state index in [1.165, 1.54) is 17.8 Å². The van der Waals surface area contributed by atoms with E-state index in [2.05, 4.69) is 34.7 Å². The van der Waals surface area contributed by atoms with E-state index in [1.54, 1.807) is 16.7 Å². The van der Waals surface area contributed by atoms with Gasteiger partial charge in [-0.3, -0.25) is 4.57 Å². The summed E-state index contributed by atoms with van der Waals surface area (Å²) in [5.74, 6) is -2.26. The van der Waals surface area contributed by atoms with E-state index in [-0.39, 0.29) is 29.8 Å². The molecule has 1 atom stereocenters. The fourth-order valence-corrected chi connectivity index (χ4v) is 4.38. The molecule has 2 aliphatic heterocycles. The monoisotopic (exact) mass is 537 g/mol. The summed E-state index contributed by atoms with van der Waals surface area (Å²) in [6.07, 6.45) is -0.781. The molecule has 4 rings (SSSR count). The molecule has 0 bridgehead atoms. The number of aromatic nitrogens is 2. The van der Waals surface area contributed by atoms with Crippen LogP contribution in [0, 0.1) is 17.1 Å². The average Bonchev–Trinajstić information content (AvgIpc) is 3.25. The molecular weight excluding hydrogens is 510 g/mol. The molecule has 1 N–H and O–H groups in total. The fourth-order valence-electron chi connectivity index (χ4n) is 4.38. The number of rotatable bonds is 6.